The molecule has 1 nitrogen and oxygen atoms in total. The number of benzene rings is 1. The minimum atomic E-state index is 0. The van der Waals surface area contributed by atoms with Gasteiger partial charge in [-0.1, -0.05) is 101 Å². The maximum absolute atomic E-state index is 2.36. The number of hydrogen-bond donors (Lipinski definition) is 0. The molecule has 0 aromatic heterocycles. The van der Waals surface area contributed by atoms with Crippen molar-refractivity contribution in [1.82, 2.24) is 4.90 Å². The molecular weight excluding hydrogens is 346 g/mol. The van der Waals surface area contributed by atoms with Gasteiger partial charge in [-0.2, -0.15) is 0 Å². The number of unbranched alkanes of at least 4 members (excludes halogenated alkanes) is 9. The summed E-state index contributed by atoms with van der Waals surface area (Å²) in [6.07, 6.45) is 15.5. The molecule has 1 aromatic carbocycles. The molecule has 0 fully saturated rings. The molecule has 134 valence electrons. The fraction of sp³-hybridized carbons (Fsp3) is 0.714. The maximum atomic E-state index is 2.36. The lowest BCUT2D eigenvalue weighted by Gasteiger charge is -2.24. The normalized spacial score (nSPS) is 12.2. The summed E-state index contributed by atoms with van der Waals surface area (Å²) in [5, 5.41) is 0. The second kappa shape index (κ2) is 15.2. The zero-order valence-corrected chi connectivity index (χ0v) is 17.3. The monoisotopic (exact) mass is 383 g/mol. The Kier molecular flexibility index (Phi) is 15.0. The van der Waals surface area contributed by atoms with Gasteiger partial charge in [-0.25, -0.2) is 0 Å². The molecule has 2 heteroatoms. The van der Waals surface area contributed by atoms with E-state index >= 15 is 0 Å². The molecule has 0 aliphatic heterocycles. The van der Waals surface area contributed by atoms with Crippen LogP contribution in [0.4, 0.5) is 0 Å². The summed E-state index contributed by atoms with van der Waals surface area (Å²) in [5.74, 6) is 0. The van der Waals surface area contributed by atoms with E-state index in [1.807, 2.05) is 0 Å². The Morgan fingerprint density at radius 2 is 1.22 bits per heavy atom. The second-order valence-corrected chi connectivity index (χ2v) is 6.86. The number of halogens is 1. The van der Waals surface area contributed by atoms with Crippen molar-refractivity contribution < 1.29 is 0 Å². The third kappa shape index (κ3) is 10.9. The molecule has 0 amide bonds. The summed E-state index contributed by atoms with van der Waals surface area (Å²) in [6, 6.07) is 11.5. The van der Waals surface area contributed by atoms with Crippen LogP contribution < -0.4 is 0 Å². The van der Waals surface area contributed by atoms with Gasteiger partial charge in [0.25, 0.3) is 0 Å². The zero-order valence-electron chi connectivity index (χ0n) is 15.6. The first-order valence-corrected chi connectivity index (χ1v) is 9.47. The molecule has 1 rings (SSSR count). The Bertz CT molecular complexity index is 350. The quantitative estimate of drug-likeness (QED) is 0.326. The van der Waals surface area contributed by atoms with Crippen molar-refractivity contribution in [2.24, 2.45) is 0 Å². The van der Waals surface area contributed by atoms with Crippen molar-refractivity contribution in [3.63, 3.8) is 0 Å². The molecule has 0 saturated carbocycles. The summed E-state index contributed by atoms with van der Waals surface area (Å²) in [7, 11) is 4.40. The third-order valence-electron chi connectivity index (χ3n) is 4.64. The van der Waals surface area contributed by atoms with E-state index in [2.05, 4.69) is 56.3 Å². The fourth-order valence-corrected chi connectivity index (χ4v) is 3.22. The van der Waals surface area contributed by atoms with E-state index < -0.39 is 0 Å². The average molecular weight is 384 g/mol. The number of hydrogen-bond acceptors (Lipinski definition) is 1. The van der Waals surface area contributed by atoms with Gasteiger partial charge in [0.15, 0.2) is 0 Å². The summed E-state index contributed by atoms with van der Waals surface area (Å²) in [6.45, 7) is 2.29. The van der Waals surface area contributed by atoms with Gasteiger partial charge in [0.2, 0.25) is 0 Å². The van der Waals surface area contributed by atoms with Crippen LogP contribution in [-0.2, 0) is 0 Å². The van der Waals surface area contributed by atoms with Crippen LogP contribution in [0.2, 0.25) is 0 Å². The smallest absolute Gasteiger partial charge is 0.0342 e. The Morgan fingerprint density at radius 3 is 1.70 bits per heavy atom. The van der Waals surface area contributed by atoms with E-state index in [1.54, 1.807) is 0 Å². The van der Waals surface area contributed by atoms with E-state index in [4.69, 9.17) is 0 Å². The second-order valence-electron chi connectivity index (χ2n) is 6.86. The van der Waals surface area contributed by atoms with Gasteiger partial charge in [0, 0.05) is 6.04 Å². The van der Waals surface area contributed by atoms with Crippen LogP contribution in [-0.4, -0.2) is 19.0 Å². The third-order valence-corrected chi connectivity index (χ3v) is 4.64. The Morgan fingerprint density at radius 1 is 0.739 bits per heavy atom. The maximum Gasteiger partial charge on any atom is 0.0342 e. The van der Waals surface area contributed by atoms with Gasteiger partial charge in [0.1, 0.15) is 0 Å². The van der Waals surface area contributed by atoms with Crippen LogP contribution >= 0.6 is 17.0 Å². The van der Waals surface area contributed by atoms with Crippen molar-refractivity contribution in [1.29, 1.82) is 0 Å². The van der Waals surface area contributed by atoms with Crippen molar-refractivity contribution >= 4 is 17.0 Å². The van der Waals surface area contributed by atoms with Crippen molar-refractivity contribution in [2.75, 3.05) is 14.1 Å². The average Bonchev–Trinajstić information content (AvgIpc) is 2.53. The van der Waals surface area contributed by atoms with E-state index in [-0.39, 0.29) is 17.0 Å². The lowest BCUT2D eigenvalue weighted by Crippen LogP contribution is -2.19. The number of rotatable bonds is 13. The van der Waals surface area contributed by atoms with Gasteiger partial charge in [-0.3, -0.25) is 0 Å². The summed E-state index contributed by atoms with van der Waals surface area (Å²) < 4.78 is 0. The predicted molar refractivity (Wildman–Crippen MR) is 110 cm³/mol. The van der Waals surface area contributed by atoms with E-state index in [0.29, 0.717) is 6.04 Å². The number of nitrogens with zero attached hydrogens (tertiary/aromatic N) is 1. The fourth-order valence-electron chi connectivity index (χ4n) is 3.22. The summed E-state index contributed by atoms with van der Waals surface area (Å²) in [4.78, 5) is 2.36. The highest BCUT2D eigenvalue weighted by Crippen LogP contribution is 2.24. The standard InChI is InChI=1S/C21H37N.BrH/c1-4-5-6-7-8-9-10-11-12-16-19-21(22(2)3)20-17-14-13-15-18-20;/h13-15,17-18,21H,4-12,16,19H2,1-3H3;1H. The van der Waals surface area contributed by atoms with Crippen LogP contribution in [0, 0.1) is 0 Å². The van der Waals surface area contributed by atoms with Gasteiger partial charge in [0.05, 0.1) is 0 Å². The molecule has 1 aromatic rings. The van der Waals surface area contributed by atoms with Crippen LogP contribution in [0.3, 0.4) is 0 Å². The van der Waals surface area contributed by atoms with E-state index in [0.717, 1.165) is 0 Å². The summed E-state index contributed by atoms with van der Waals surface area (Å²) >= 11 is 0. The molecule has 0 aliphatic rings. The van der Waals surface area contributed by atoms with Gasteiger partial charge >= 0.3 is 0 Å². The molecule has 0 N–H and O–H groups in total. The largest absolute Gasteiger partial charge is 0.302 e. The Labute approximate surface area is 155 Å². The highest BCUT2D eigenvalue weighted by atomic mass is 79.9. The molecule has 23 heavy (non-hydrogen) atoms. The lowest BCUT2D eigenvalue weighted by molar-refractivity contribution is 0.276. The van der Waals surface area contributed by atoms with E-state index in [9.17, 15) is 0 Å². The highest BCUT2D eigenvalue weighted by Gasteiger charge is 2.12. The molecule has 0 spiro atoms. The van der Waals surface area contributed by atoms with E-state index in [1.165, 1.54) is 76.2 Å². The Hall–Kier alpha value is -0.340. The molecule has 0 saturated heterocycles. The van der Waals surface area contributed by atoms with Crippen molar-refractivity contribution in [3.8, 4) is 0 Å². The van der Waals surface area contributed by atoms with Crippen molar-refractivity contribution in [2.45, 2.75) is 83.6 Å². The van der Waals surface area contributed by atoms with Gasteiger partial charge in [-0.05, 0) is 26.1 Å². The zero-order chi connectivity index (χ0) is 16.0. The lowest BCUT2D eigenvalue weighted by atomic mass is 9.98. The van der Waals surface area contributed by atoms with Crippen LogP contribution in [0.1, 0.15) is 89.2 Å². The molecule has 0 aliphatic carbocycles. The molecule has 0 heterocycles. The minimum Gasteiger partial charge on any atom is -0.302 e. The first-order valence-electron chi connectivity index (χ1n) is 9.47. The predicted octanol–water partition coefficient (Wildman–Crippen LogP) is 7.18. The van der Waals surface area contributed by atoms with Crippen LogP contribution in [0.15, 0.2) is 30.3 Å². The first-order chi connectivity index (χ1) is 10.8. The van der Waals surface area contributed by atoms with Crippen LogP contribution in [0.25, 0.3) is 0 Å². The SMILES string of the molecule is Br.CCCCCCCCCCCCC(c1ccccc1)N(C)C. The molecule has 0 bridgehead atoms. The molecular formula is C21H38BrN. The van der Waals surface area contributed by atoms with Crippen LogP contribution in [0.5, 0.6) is 0 Å². The van der Waals surface area contributed by atoms with Gasteiger partial charge in [-0.15, -0.1) is 17.0 Å². The first kappa shape index (κ1) is 22.7. The minimum absolute atomic E-state index is 0. The topological polar surface area (TPSA) is 3.24 Å². The highest BCUT2D eigenvalue weighted by molar-refractivity contribution is 8.93. The molecule has 1 atom stereocenters. The van der Waals surface area contributed by atoms with Gasteiger partial charge < -0.3 is 4.90 Å². The summed E-state index contributed by atoms with van der Waals surface area (Å²) in [5.41, 5.74) is 1.46. The Balaban J connectivity index is 0.00000484. The molecule has 0 radical (unpaired) electrons. The molecule has 1 unspecified atom stereocenters. The van der Waals surface area contributed by atoms with Crippen molar-refractivity contribution in [3.05, 3.63) is 35.9 Å².